The summed E-state index contributed by atoms with van der Waals surface area (Å²) in [7, 11) is 0. The van der Waals surface area contributed by atoms with Crippen molar-refractivity contribution < 1.29 is 5.11 Å². The molecular weight excluding hydrogens is 148 g/mol. The van der Waals surface area contributed by atoms with Gasteiger partial charge in [0.2, 0.25) is 0 Å². The second-order valence-corrected chi connectivity index (χ2v) is 5.07. The molecule has 3 rings (SSSR count). The Labute approximate surface area is 74.2 Å². The number of fused-ring (bicyclic) bond motifs is 3. The second kappa shape index (κ2) is 2.25. The van der Waals surface area contributed by atoms with Crippen molar-refractivity contribution in [3.8, 4) is 0 Å². The van der Waals surface area contributed by atoms with Crippen molar-refractivity contribution in [2.75, 3.05) is 0 Å². The number of aliphatic hydroxyl groups excluding tert-OH is 1. The Morgan fingerprint density at radius 3 is 2.33 bits per heavy atom. The zero-order valence-corrected chi connectivity index (χ0v) is 7.63. The van der Waals surface area contributed by atoms with Crippen molar-refractivity contribution in [2.45, 2.75) is 51.0 Å². The normalized spacial score (nSPS) is 49.2. The molecule has 3 saturated carbocycles. The molecule has 0 bridgehead atoms. The minimum Gasteiger partial charge on any atom is -0.393 e. The van der Waals surface area contributed by atoms with Crippen LogP contribution in [0.4, 0.5) is 0 Å². The van der Waals surface area contributed by atoms with Crippen LogP contribution in [-0.2, 0) is 0 Å². The third-order valence-corrected chi connectivity index (χ3v) is 4.70. The molecule has 0 aromatic heterocycles. The molecule has 0 aromatic rings. The SMILES string of the molecule is O[C@H]1CC[C@H]2[C@@H]1C21CCCCC1. The molecule has 0 aliphatic heterocycles. The van der Waals surface area contributed by atoms with Gasteiger partial charge in [-0.3, -0.25) is 0 Å². The molecule has 3 aliphatic carbocycles. The highest BCUT2D eigenvalue weighted by Crippen LogP contribution is 2.72. The van der Waals surface area contributed by atoms with Gasteiger partial charge in [-0.1, -0.05) is 19.3 Å². The highest BCUT2D eigenvalue weighted by atomic mass is 16.3. The summed E-state index contributed by atoms with van der Waals surface area (Å²) in [4.78, 5) is 0. The average molecular weight is 166 g/mol. The van der Waals surface area contributed by atoms with Crippen LogP contribution in [0.25, 0.3) is 0 Å². The summed E-state index contributed by atoms with van der Waals surface area (Å²) < 4.78 is 0. The Bertz CT molecular complexity index is 193. The maximum absolute atomic E-state index is 9.76. The predicted molar refractivity (Wildman–Crippen MR) is 47.7 cm³/mol. The molecule has 1 N–H and O–H groups in total. The molecule has 0 aromatic carbocycles. The Kier molecular flexibility index (Phi) is 1.39. The number of hydrogen-bond donors (Lipinski definition) is 1. The molecule has 0 unspecified atom stereocenters. The lowest BCUT2D eigenvalue weighted by atomic mass is 9.80. The van der Waals surface area contributed by atoms with Crippen LogP contribution in [0.3, 0.4) is 0 Å². The van der Waals surface area contributed by atoms with Crippen molar-refractivity contribution >= 4 is 0 Å². The standard InChI is InChI=1S/C11H18O/c12-9-5-4-8-10(9)11(8)6-2-1-3-7-11/h8-10,12H,1-7H2/t8-,9-,10-/m0/s1. The molecular formula is C11H18O. The molecule has 0 radical (unpaired) electrons. The lowest BCUT2D eigenvalue weighted by molar-refractivity contribution is 0.116. The van der Waals surface area contributed by atoms with E-state index in [4.69, 9.17) is 0 Å². The predicted octanol–water partition coefficient (Wildman–Crippen LogP) is 2.34. The van der Waals surface area contributed by atoms with Gasteiger partial charge in [0.1, 0.15) is 0 Å². The molecule has 68 valence electrons. The zero-order chi connectivity index (χ0) is 8.18. The highest BCUT2D eigenvalue weighted by molar-refractivity contribution is 5.16. The van der Waals surface area contributed by atoms with E-state index < -0.39 is 0 Å². The van der Waals surface area contributed by atoms with E-state index in [1.54, 1.807) is 0 Å². The topological polar surface area (TPSA) is 20.2 Å². The lowest BCUT2D eigenvalue weighted by Gasteiger charge is -2.26. The number of aliphatic hydroxyl groups is 1. The van der Waals surface area contributed by atoms with Gasteiger partial charge in [-0.2, -0.15) is 0 Å². The fourth-order valence-corrected chi connectivity index (χ4v) is 4.17. The van der Waals surface area contributed by atoms with Crippen molar-refractivity contribution in [2.24, 2.45) is 17.3 Å². The van der Waals surface area contributed by atoms with Gasteiger partial charge in [0, 0.05) is 0 Å². The van der Waals surface area contributed by atoms with E-state index in [0.717, 1.165) is 18.3 Å². The Morgan fingerprint density at radius 2 is 1.75 bits per heavy atom. The lowest BCUT2D eigenvalue weighted by Crippen LogP contribution is -2.19. The first-order chi connectivity index (χ1) is 5.84. The van der Waals surface area contributed by atoms with Gasteiger partial charge in [0.25, 0.3) is 0 Å². The van der Waals surface area contributed by atoms with Gasteiger partial charge >= 0.3 is 0 Å². The summed E-state index contributed by atoms with van der Waals surface area (Å²) in [6.07, 6.45) is 9.66. The Balaban J connectivity index is 1.78. The maximum atomic E-state index is 9.76. The summed E-state index contributed by atoms with van der Waals surface area (Å²) in [5.74, 6) is 1.67. The minimum absolute atomic E-state index is 0.0769. The van der Waals surface area contributed by atoms with Crippen molar-refractivity contribution in [3.05, 3.63) is 0 Å². The van der Waals surface area contributed by atoms with Gasteiger partial charge in [-0.25, -0.2) is 0 Å². The quantitative estimate of drug-likeness (QED) is 0.585. The van der Waals surface area contributed by atoms with E-state index >= 15 is 0 Å². The molecule has 1 nitrogen and oxygen atoms in total. The van der Waals surface area contributed by atoms with Crippen LogP contribution in [-0.4, -0.2) is 11.2 Å². The van der Waals surface area contributed by atoms with Crippen LogP contribution >= 0.6 is 0 Å². The molecule has 12 heavy (non-hydrogen) atoms. The van der Waals surface area contributed by atoms with Crippen LogP contribution in [0.5, 0.6) is 0 Å². The molecule has 3 aliphatic rings. The summed E-state index contributed by atoms with van der Waals surface area (Å²) >= 11 is 0. The van der Waals surface area contributed by atoms with Gasteiger partial charge in [-0.15, -0.1) is 0 Å². The van der Waals surface area contributed by atoms with Crippen molar-refractivity contribution in [1.82, 2.24) is 0 Å². The summed E-state index contributed by atoms with van der Waals surface area (Å²) in [6.45, 7) is 0. The minimum atomic E-state index is 0.0769. The van der Waals surface area contributed by atoms with Gasteiger partial charge in [-0.05, 0) is 42.9 Å². The van der Waals surface area contributed by atoms with Crippen LogP contribution in [0.1, 0.15) is 44.9 Å². The Morgan fingerprint density at radius 1 is 1.00 bits per heavy atom. The van der Waals surface area contributed by atoms with E-state index in [1.165, 1.54) is 38.5 Å². The average Bonchev–Trinajstić information content (AvgIpc) is 2.51. The molecule has 1 spiro atoms. The first-order valence-corrected chi connectivity index (χ1v) is 5.53. The second-order valence-electron chi connectivity index (χ2n) is 5.07. The molecule has 0 amide bonds. The van der Waals surface area contributed by atoms with Gasteiger partial charge < -0.3 is 5.11 Å². The molecule has 0 saturated heterocycles. The smallest absolute Gasteiger partial charge is 0.0576 e. The monoisotopic (exact) mass is 166 g/mol. The van der Waals surface area contributed by atoms with Crippen molar-refractivity contribution in [3.63, 3.8) is 0 Å². The number of rotatable bonds is 0. The van der Waals surface area contributed by atoms with Gasteiger partial charge in [0.15, 0.2) is 0 Å². The first-order valence-electron chi connectivity index (χ1n) is 5.53. The Hall–Kier alpha value is -0.0400. The van der Waals surface area contributed by atoms with E-state index in [2.05, 4.69) is 0 Å². The van der Waals surface area contributed by atoms with Crippen LogP contribution in [0, 0.1) is 17.3 Å². The van der Waals surface area contributed by atoms with Crippen LogP contribution in [0.2, 0.25) is 0 Å². The summed E-state index contributed by atoms with van der Waals surface area (Å²) in [6, 6.07) is 0. The maximum Gasteiger partial charge on any atom is 0.0576 e. The first kappa shape index (κ1) is 7.37. The third-order valence-electron chi connectivity index (χ3n) is 4.70. The molecule has 3 atom stereocenters. The van der Waals surface area contributed by atoms with E-state index in [0.29, 0.717) is 5.41 Å². The molecule has 0 heterocycles. The number of hydrogen-bond acceptors (Lipinski definition) is 1. The largest absolute Gasteiger partial charge is 0.393 e. The van der Waals surface area contributed by atoms with Crippen LogP contribution < -0.4 is 0 Å². The van der Waals surface area contributed by atoms with Crippen LogP contribution in [0.15, 0.2) is 0 Å². The fraction of sp³-hybridized carbons (Fsp3) is 1.00. The summed E-state index contributed by atoms with van der Waals surface area (Å²) in [5.41, 5.74) is 0.663. The molecule has 3 fully saturated rings. The molecule has 1 heteroatoms. The highest BCUT2D eigenvalue weighted by Gasteiger charge is 2.68. The van der Waals surface area contributed by atoms with E-state index in [-0.39, 0.29) is 6.10 Å². The zero-order valence-electron chi connectivity index (χ0n) is 7.63. The van der Waals surface area contributed by atoms with Crippen molar-refractivity contribution in [1.29, 1.82) is 0 Å². The summed E-state index contributed by atoms with van der Waals surface area (Å²) in [5, 5.41) is 9.76. The van der Waals surface area contributed by atoms with Gasteiger partial charge in [0.05, 0.1) is 6.10 Å². The van der Waals surface area contributed by atoms with E-state index in [9.17, 15) is 5.11 Å². The third kappa shape index (κ3) is 0.736. The van der Waals surface area contributed by atoms with E-state index in [1.807, 2.05) is 0 Å². The fourth-order valence-electron chi connectivity index (χ4n) is 4.17.